The highest BCUT2D eigenvalue weighted by Crippen LogP contribution is 2.32. The largest absolute Gasteiger partial charge is 0.347 e. The lowest BCUT2D eigenvalue weighted by Gasteiger charge is -2.19. The summed E-state index contributed by atoms with van der Waals surface area (Å²) in [5.74, 6) is -0.0711. The molecule has 0 aliphatic carbocycles. The molecule has 1 amide bonds. The van der Waals surface area contributed by atoms with Crippen molar-refractivity contribution in [1.82, 2.24) is 25.1 Å². The van der Waals surface area contributed by atoms with Crippen molar-refractivity contribution in [2.24, 2.45) is 0 Å². The van der Waals surface area contributed by atoms with Gasteiger partial charge in [-0.3, -0.25) is 9.48 Å². The van der Waals surface area contributed by atoms with Gasteiger partial charge < -0.3 is 5.32 Å². The lowest BCUT2D eigenvalue weighted by atomic mass is 10.1. The monoisotopic (exact) mass is 473 g/mol. The number of carbonyl (C=O) groups is 1. The summed E-state index contributed by atoms with van der Waals surface area (Å²) in [6, 6.07) is 11.7. The molecule has 142 valence electrons. The van der Waals surface area contributed by atoms with Crippen LogP contribution in [0.5, 0.6) is 0 Å². The number of carbonyl (C=O) groups excluding carboxylic acids is 1. The second kappa shape index (κ2) is 8.76. The van der Waals surface area contributed by atoms with E-state index >= 15 is 0 Å². The van der Waals surface area contributed by atoms with Crippen molar-refractivity contribution in [1.29, 1.82) is 0 Å². The van der Waals surface area contributed by atoms with Crippen molar-refractivity contribution in [2.75, 3.05) is 0 Å². The zero-order valence-corrected chi connectivity index (χ0v) is 17.9. The van der Waals surface area contributed by atoms with E-state index in [-0.39, 0.29) is 18.4 Å². The first-order valence-corrected chi connectivity index (χ1v) is 11.1. The lowest BCUT2D eigenvalue weighted by Crippen LogP contribution is -2.32. The maximum atomic E-state index is 12.7. The summed E-state index contributed by atoms with van der Waals surface area (Å²) >= 11 is 6.64. The first kappa shape index (κ1) is 19.0. The van der Waals surface area contributed by atoms with E-state index in [9.17, 15) is 4.79 Å². The van der Waals surface area contributed by atoms with Crippen molar-refractivity contribution in [3.8, 4) is 9.88 Å². The van der Waals surface area contributed by atoms with Crippen LogP contribution >= 0.6 is 38.6 Å². The Morgan fingerprint density at radius 2 is 2.07 bits per heavy atom. The van der Waals surface area contributed by atoms with Crippen LogP contribution < -0.4 is 5.32 Å². The van der Waals surface area contributed by atoms with Gasteiger partial charge in [-0.15, -0.1) is 22.7 Å². The van der Waals surface area contributed by atoms with Crippen LogP contribution in [0.1, 0.15) is 17.3 Å². The van der Waals surface area contributed by atoms with Gasteiger partial charge in [-0.25, -0.2) is 9.97 Å². The van der Waals surface area contributed by atoms with Gasteiger partial charge in [-0.2, -0.15) is 5.10 Å². The van der Waals surface area contributed by atoms with E-state index < -0.39 is 0 Å². The molecule has 1 N–H and O–H groups in total. The highest BCUT2D eigenvalue weighted by Gasteiger charge is 2.17. The predicted molar refractivity (Wildman–Crippen MR) is 114 cm³/mol. The number of thiazole rings is 1. The second-order valence-corrected chi connectivity index (χ2v) is 8.78. The maximum absolute atomic E-state index is 12.7. The first-order valence-electron chi connectivity index (χ1n) is 8.53. The molecule has 1 unspecified atom stereocenters. The average molecular weight is 474 g/mol. The lowest BCUT2D eigenvalue weighted by molar-refractivity contribution is -0.121. The summed E-state index contributed by atoms with van der Waals surface area (Å²) in [6.45, 7) is 0.515. The molecule has 0 aliphatic rings. The van der Waals surface area contributed by atoms with E-state index in [2.05, 4.69) is 36.3 Å². The summed E-state index contributed by atoms with van der Waals surface area (Å²) in [5.41, 5.74) is 1.79. The minimum Gasteiger partial charge on any atom is -0.347 e. The van der Waals surface area contributed by atoms with Crippen LogP contribution in [0.4, 0.5) is 0 Å². The number of hydrogen-bond acceptors (Lipinski definition) is 6. The molecule has 0 aliphatic heterocycles. The molecule has 9 heteroatoms. The number of amides is 1. The molecule has 0 spiro atoms. The van der Waals surface area contributed by atoms with E-state index in [0.29, 0.717) is 6.54 Å². The van der Waals surface area contributed by atoms with Gasteiger partial charge >= 0.3 is 0 Å². The maximum Gasteiger partial charge on any atom is 0.226 e. The Labute approximate surface area is 178 Å². The molecule has 6 nitrogen and oxygen atoms in total. The summed E-state index contributed by atoms with van der Waals surface area (Å²) in [5, 5.41) is 12.2. The van der Waals surface area contributed by atoms with Crippen LogP contribution in [0.15, 0.2) is 64.3 Å². The van der Waals surface area contributed by atoms with Gasteiger partial charge in [0, 0.05) is 15.2 Å². The van der Waals surface area contributed by atoms with E-state index in [1.807, 2.05) is 47.2 Å². The Balaban J connectivity index is 1.45. The van der Waals surface area contributed by atoms with Crippen molar-refractivity contribution in [3.05, 3.63) is 75.5 Å². The molecular formula is C19H16BrN5OS2. The standard InChI is InChI=1S/C19H16BrN5OS2/c20-14-6-17(27-9-14)19-23-15(10-28-19)7-18(26)24-16(8-25-12-21-11-22-25)13-4-2-1-3-5-13/h1-6,9-12,16H,7-8H2,(H,24,26). The summed E-state index contributed by atoms with van der Waals surface area (Å²) in [7, 11) is 0. The average Bonchev–Trinajstić information content (AvgIpc) is 3.44. The molecule has 0 fully saturated rings. The van der Waals surface area contributed by atoms with Gasteiger partial charge in [0.1, 0.15) is 17.7 Å². The van der Waals surface area contributed by atoms with Gasteiger partial charge in [-0.05, 0) is 27.6 Å². The number of rotatable bonds is 7. The quantitative estimate of drug-likeness (QED) is 0.433. The smallest absolute Gasteiger partial charge is 0.226 e. The molecule has 0 bridgehead atoms. The van der Waals surface area contributed by atoms with Crippen molar-refractivity contribution in [2.45, 2.75) is 19.0 Å². The van der Waals surface area contributed by atoms with Gasteiger partial charge in [0.15, 0.2) is 0 Å². The minimum atomic E-state index is -0.193. The number of halogens is 1. The molecule has 4 aromatic rings. The summed E-state index contributed by atoms with van der Waals surface area (Å²) in [6.07, 6.45) is 3.38. The molecule has 3 heterocycles. The van der Waals surface area contributed by atoms with Crippen LogP contribution in [0, 0.1) is 0 Å². The highest BCUT2D eigenvalue weighted by molar-refractivity contribution is 9.10. The molecule has 28 heavy (non-hydrogen) atoms. The third kappa shape index (κ3) is 4.73. The van der Waals surface area contributed by atoms with E-state index in [0.717, 1.165) is 25.6 Å². The predicted octanol–water partition coefficient (Wildman–Crippen LogP) is 4.33. The molecule has 0 saturated heterocycles. The summed E-state index contributed by atoms with van der Waals surface area (Å²) < 4.78 is 2.76. The van der Waals surface area contributed by atoms with Gasteiger partial charge in [0.25, 0.3) is 0 Å². The number of thiophene rings is 1. The molecular weight excluding hydrogens is 458 g/mol. The third-order valence-electron chi connectivity index (χ3n) is 4.05. The Morgan fingerprint density at radius 1 is 1.21 bits per heavy atom. The molecule has 3 aromatic heterocycles. The van der Waals surface area contributed by atoms with E-state index in [1.165, 1.54) is 6.33 Å². The number of nitrogens with one attached hydrogen (secondary N) is 1. The zero-order chi connectivity index (χ0) is 19.3. The fourth-order valence-electron chi connectivity index (χ4n) is 2.77. The number of nitrogens with zero attached hydrogens (tertiary/aromatic N) is 4. The molecule has 4 rings (SSSR count). The van der Waals surface area contributed by atoms with Crippen molar-refractivity contribution >= 4 is 44.5 Å². The number of aromatic nitrogens is 4. The molecule has 0 radical (unpaired) electrons. The minimum absolute atomic E-state index is 0.0711. The van der Waals surface area contributed by atoms with Crippen LogP contribution in [0.2, 0.25) is 0 Å². The van der Waals surface area contributed by atoms with Crippen molar-refractivity contribution in [3.63, 3.8) is 0 Å². The van der Waals surface area contributed by atoms with Gasteiger partial charge in [-0.1, -0.05) is 30.3 Å². The van der Waals surface area contributed by atoms with Crippen molar-refractivity contribution < 1.29 is 4.79 Å². The SMILES string of the molecule is O=C(Cc1csc(-c2cc(Br)cs2)n1)NC(Cn1cncn1)c1ccccc1. The van der Waals surface area contributed by atoms with Crippen LogP contribution in [-0.4, -0.2) is 25.7 Å². The number of hydrogen-bond donors (Lipinski definition) is 1. The first-order chi connectivity index (χ1) is 13.7. The number of benzene rings is 1. The van der Waals surface area contributed by atoms with E-state index in [1.54, 1.807) is 33.7 Å². The fraction of sp³-hybridized carbons (Fsp3) is 0.158. The normalized spacial score (nSPS) is 12.0. The Morgan fingerprint density at radius 3 is 2.79 bits per heavy atom. The Kier molecular flexibility index (Phi) is 5.94. The zero-order valence-electron chi connectivity index (χ0n) is 14.7. The third-order valence-corrected chi connectivity index (χ3v) is 6.80. The topological polar surface area (TPSA) is 72.7 Å². The van der Waals surface area contributed by atoms with Crippen LogP contribution in [0.25, 0.3) is 9.88 Å². The summed E-state index contributed by atoms with van der Waals surface area (Å²) in [4.78, 5) is 22.4. The fourth-order valence-corrected chi connectivity index (χ4v) is 5.10. The van der Waals surface area contributed by atoms with E-state index in [4.69, 9.17) is 0 Å². The molecule has 0 saturated carbocycles. The molecule has 1 atom stereocenters. The Hall–Kier alpha value is -2.36. The Bertz CT molecular complexity index is 1050. The van der Waals surface area contributed by atoms with Crippen LogP contribution in [0.3, 0.4) is 0 Å². The highest BCUT2D eigenvalue weighted by atomic mass is 79.9. The second-order valence-electron chi connectivity index (χ2n) is 6.10. The molecule has 1 aromatic carbocycles. The van der Waals surface area contributed by atoms with Gasteiger partial charge in [0.05, 0.1) is 29.6 Å². The van der Waals surface area contributed by atoms with Gasteiger partial charge in [0.2, 0.25) is 5.91 Å². The van der Waals surface area contributed by atoms with Crippen LogP contribution in [-0.2, 0) is 17.8 Å².